The van der Waals surface area contributed by atoms with E-state index in [0.29, 0.717) is 22.2 Å². The lowest BCUT2D eigenvalue weighted by Gasteiger charge is -2.13. The molecule has 40 heavy (non-hydrogen) atoms. The van der Waals surface area contributed by atoms with Crippen molar-refractivity contribution in [1.29, 1.82) is 0 Å². The minimum Gasteiger partial charge on any atom is -0.465 e. The van der Waals surface area contributed by atoms with Gasteiger partial charge in [0.2, 0.25) is 5.91 Å². The molecule has 0 radical (unpaired) electrons. The molecule has 0 spiro atoms. The number of nitrogens with zero attached hydrogens (tertiary/aromatic N) is 2. The molecule has 0 aliphatic rings. The van der Waals surface area contributed by atoms with E-state index in [0.717, 1.165) is 5.56 Å². The molecule has 0 fully saturated rings. The zero-order chi connectivity index (χ0) is 28.8. The largest absolute Gasteiger partial charge is 0.465 e. The first-order chi connectivity index (χ1) is 19.2. The number of halogens is 1. The molecule has 206 valence electrons. The van der Waals surface area contributed by atoms with E-state index < -0.39 is 18.0 Å². The van der Waals surface area contributed by atoms with Gasteiger partial charge >= 0.3 is 18.0 Å². The lowest BCUT2D eigenvalue weighted by atomic mass is 10.1. The van der Waals surface area contributed by atoms with Crippen LogP contribution < -0.4 is 16.0 Å². The van der Waals surface area contributed by atoms with Gasteiger partial charge < -0.3 is 25.4 Å². The minimum absolute atomic E-state index is 0.0136. The van der Waals surface area contributed by atoms with Crippen molar-refractivity contribution in [3.05, 3.63) is 76.4 Å². The van der Waals surface area contributed by atoms with Gasteiger partial charge in [-0.05, 0) is 37.3 Å². The number of carbonyl (C=O) groups is 4. The minimum atomic E-state index is -0.694. The summed E-state index contributed by atoms with van der Waals surface area (Å²) in [5.74, 6) is -1.45. The smallest absolute Gasteiger partial charge is 0.357 e. The van der Waals surface area contributed by atoms with E-state index in [1.165, 1.54) is 42.1 Å². The van der Waals surface area contributed by atoms with E-state index >= 15 is 0 Å². The molecule has 2 aromatic heterocycles. The summed E-state index contributed by atoms with van der Waals surface area (Å²) >= 11 is 7.83. The highest BCUT2D eigenvalue weighted by Gasteiger charge is 2.24. The highest BCUT2D eigenvalue weighted by Crippen LogP contribution is 2.32. The van der Waals surface area contributed by atoms with Crippen LogP contribution in [0.4, 0.5) is 21.3 Å². The molecule has 0 saturated carbocycles. The number of thiazole rings is 1. The third kappa shape index (κ3) is 6.47. The molecule has 0 atom stereocenters. The Morgan fingerprint density at radius 1 is 1.00 bits per heavy atom. The first-order valence-electron chi connectivity index (χ1n) is 11.9. The maximum Gasteiger partial charge on any atom is 0.357 e. The molecule has 0 aliphatic carbocycles. The lowest BCUT2D eigenvalue weighted by Crippen LogP contribution is -2.22. The van der Waals surface area contributed by atoms with Crippen LogP contribution in [0.3, 0.4) is 0 Å². The van der Waals surface area contributed by atoms with E-state index in [2.05, 4.69) is 20.9 Å². The topological polar surface area (TPSA) is 141 Å². The van der Waals surface area contributed by atoms with Crippen molar-refractivity contribution in [2.24, 2.45) is 0 Å². The number of rotatable bonds is 8. The summed E-state index contributed by atoms with van der Waals surface area (Å²) in [7, 11) is 1.26. The predicted molar refractivity (Wildman–Crippen MR) is 153 cm³/mol. The zero-order valence-electron chi connectivity index (χ0n) is 21.6. The predicted octanol–water partition coefficient (Wildman–Crippen LogP) is 5.82. The molecule has 0 aliphatic heterocycles. The van der Waals surface area contributed by atoms with Gasteiger partial charge in [-0.3, -0.25) is 9.36 Å². The van der Waals surface area contributed by atoms with E-state index in [4.69, 9.17) is 21.1 Å². The number of aromatic nitrogens is 2. The molecule has 0 bridgehead atoms. The Morgan fingerprint density at radius 3 is 2.42 bits per heavy atom. The summed E-state index contributed by atoms with van der Waals surface area (Å²) in [5.41, 5.74) is 2.71. The van der Waals surface area contributed by atoms with Crippen LogP contribution in [0.5, 0.6) is 0 Å². The lowest BCUT2D eigenvalue weighted by molar-refractivity contribution is -0.114. The van der Waals surface area contributed by atoms with Crippen LogP contribution in [0, 0.1) is 0 Å². The van der Waals surface area contributed by atoms with Gasteiger partial charge in [0.15, 0.2) is 10.8 Å². The molecule has 11 nitrogen and oxygen atoms in total. The number of carbonyl (C=O) groups excluding carboxylic acids is 4. The number of hydrogen-bond acceptors (Lipinski definition) is 8. The molecule has 3 amide bonds. The van der Waals surface area contributed by atoms with Crippen molar-refractivity contribution in [2.75, 3.05) is 29.7 Å². The molecule has 0 saturated heterocycles. The van der Waals surface area contributed by atoms with Crippen molar-refractivity contribution in [2.45, 2.75) is 13.8 Å². The number of urea groups is 1. The quantitative estimate of drug-likeness (QED) is 0.223. The SMILES string of the molecule is CCOC(=O)c1c(NC(=O)Nc2cccc(C(=O)OC)c2)cc(Cl)n1-c1ccc(-c2csc(NC(C)=O)n2)cc1. The van der Waals surface area contributed by atoms with Crippen molar-refractivity contribution in [3.8, 4) is 16.9 Å². The van der Waals surface area contributed by atoms with E-state index in [1.807, 2.05) is 5.38 Å². The van der Waals surface area contributed by atoms with Gasteiger partial charge in [-0.25, -0.2) is 19.4 Å². The molecular weight excluding hydrogens is 558 g/mol. The average Bonchev–Trinajstić information content (AvgIpc) is 3.51. The molecule has 2 heterocycles. The number of nitrogens with one attached hydrogen (secondary N) is 3. The van der Waals surface area contributed by atoms with E-state index in [9.17, 15) is 19.2 Å². The second-order valence-corrected chi connectivity index (χ2v) is 9.45. The summed E-state index contributed by atoms with van der Waals surface area (Å²) in [6, 6.07) is 14.0. The normalized spacial score (nSPS) is 10.5. The number of amides is 3. The number of methoxy groups -OCH3 is 1. The first-order valence-corrected chi connectivity index (χ1v) is 13.1. The van der Waals surface area contributed by atoms with E-state index in [-0.39, 0.29) is 34.6 Å². The van der Waals surface area contributed by atoms with Crippen LogP contribution in [-0.4, -0.2) is 47.1 Å². The van der Waals surface area contributed by atoms with Crippen molar-refractivity contribution < 1.29 is 28.7 Å². The monoisotopic (exact) mass is 581 g/mol. The van der Waals surface area contributed by atoms with E-state index in [1.54, 1.807) is 49.4 Å². The fraction of sp³-hybridized carbons (Fsp3) is 0.148. The molecule has 3 N–H and O–H groups in total. The van der Waals surface area contributed by atoms with Gasteiger partial charge in [-0.2, -0.15) is 0 Å². The van der Waals surface area contributed by atoms with Crippen molar-refractivity contribution in [3.63, 3.8) is 0 Å². The first kappa shape index (κ1) is 28.3. The summed E-state index contributed by atoms with van der Waals surface area (Å²) in [6.07, 6.45) is 0. The third-order valence-corrected chi connectivity index (χ3v) is 6.46. The average molecular weight is 582 g/mol. The Bertz CT molecular complexity index is 1580. The number of ether oxygens (including phenoxy) is 2. The molecular formula is C27H24ClN5O6S. The number of esters is 2. The number of hydrogen-bond donors (Lipinski definition) is 3. The standard InChI is InChI=1S/C27H24ClN5O6S/c1-4-39-25(36)23-20(31-26(37)30-18-7-5-6-17(12-18)24(35)38-3)13-22(28)33(23)19-10-8-16(9-11-19)21-14-40-27(32-21)29-15(2)34/h5-14H,4H2,1-3H3,(H,29,32,34)(H2,30,31,37). The fourth-order valence-electron chi connectivity index (χ4n) is 3.75. The fourth-order valence-corrected chi connectivity index (χ4v) is 4.81. The van der Waals surface area contributed by atoms with Crippen molar-refractivity contribution in [1.82, 2.24) is 9.55 Å². The highest BCUT2D eigenvalue weighted by atomic mass is 35.5. The van der Waals surface area contributed by atoms with Crippen LogP contribution in [0.1, 0.15) is 34.7 Å². The molecule has 0 unspecified atom stereocenters. The van der Waals surface area contributed by atoms with Gasteiger partial charge in [0.05, 0.1) is 30.7 Å². The number of benzene rings is 2. The summed E-state index contributed by atoms with van der Waals surface area (Å²) in [4.78, 5) is 53.3. The Morgan fingerprint density at radius 2 is 1.75 bits per heavy atom. The van der Waals surface area contributed by atoms with Gasteiger partial charge in [0.25, 0.3) is 0 Å². The Balaban J connectivity index is 1.61. The zero-order valence-corrected chi connectivity index (χ0v) is 23.2. The van der Waals surface area contributed by atoms with Gasteiger partial charge in [-0.15, -0.1) is 11.3 Å². The Labute approximate surface area is 238 Å². The molecule has 2 aromatic carbocycles. The van der Waals surface area contributed by atoms with Crippen molar-refractivity contribution >= 4 is 63.3 Å². The molecule has 4 aromatic rings. The van der Waals surface area contributed by atoms with Gasteiger partial charge in [0, 0.05) is 35.3 Å². The molecule has 13 heteroatoms. The van der Waals surface area contributed by atoms with Crippen LogP contribution in [0.2, 0.25) is 5.15 Å². The number of anilines is 3. The van der Waals surface area contributed by atoms with Gasteiger partial charge in [0.1, 0.15) is 5.15 Å². The van der Waals surface area contributed by atoms with Crippen LogP contribution in [0.15, 0.2) is 60.0 Å². The summed E-state index contributed by atoms with van der Waals surface area (Å²) in [6.45, 7) is 3.18. The maximum atomic E-state index is 13.0. The second kappa shape index (κ2) is 12.5. The van der Waals surface area contributed by atoms with Crippen LogP contribution in [-0.2, 0) is 14.3 Å². The maximum absolute atomic E-state index is 13.0. The summed E-state index contributed by atoms with van der Waals surface area (Å²) in [5, 5.41) is 10.4. The van der Waals surface area contributed by atoms with Crippen LogP contribution >= 0.6 is 22.9 Å². The molecule has 4 rings (SSSR count). The highest BCUT2D eigenvalue weighted by molar-refractivity contribution is 7.14. The van der Waals surface area contributed by atoms with Crippen LogP contribution in [0.25, 0.3) is 16.9 Å². The third-order valence-electron chi connectivity index (χ3n) is 5.42. The Kier molecular flexibility index (Phi) is 8.82. The summed E-state index contributed by atoms with van der Waals surface area (Å²) < 4.78 is 11.4. The second-order valence-electron chi connectivity index (χ2n) is 8.20. The van der Waals surface area contributed by atoms with Gasteiger partial charge in [-0.1, -0.05) is 29.8 Å². The Hall–Kier alpha value is -4.68.